The Bertz CT molecular complexity index is 1800. The fourth-order valence-electron chi connectivity index (χ4n) is 3.78. The summed E-state index contributed by atoms with van der Waals surface area (Å²) in [4.78, 5) is 58.3. The van der Waals surface area contributed by atoms with Crippen molar-refractivity contribution in [3.8, 4) is 5.75 Å². The summed E-state index contributed by atoms with van der Waals surface area (Å²) in [6.45, 7) is 1.88. The number of anilines is 1. The molecule has 0 atom stereocenters. The molecule has 0 aliphatic heterocycles. The molecule has 0 aliphatic carbocycles. The molecule has 13 heteroatoms. The lowest BCUT2D eigenvalue weighted by molar-refractivity contribution is -0.385. The highest BCUT2D eigenvalue weighted by atomic mass is 16.6. The van der Waals surface area contributed by atoms with Crippen LogP contribution in [0.1, 0.15) is 37.4 Å². The molecule has 4 rings (SSSR count). The van der Waals surface area contributed by atoms with Crippen molar-refractivity contribution in [1.82, 2.24) is 5.43 Å². The molecule has 0 saturated heterocycles. The van der Waals surface area contributed by atoms with E-state index in [2.05, 4.69) is 15.8 Å². The van der Waals surface area contributed by atoms with Crippen molar-refractivity contribution in [2.75, 3.05) is 5.32 Å². The van der Waals surface area contributed by atoms with Crippen LogP contribution in [0.25, 0.3) is 6.08 Å². The van der Waals surface area contributed by atoms with Crippen molar-refractivity contribution in [2.24, 2.45) is 5.10 Å². The number of hydrogen-bond donors (Lipinski definition) is 2. The van der Waals surface area contributed by atoms with E-state index in [9.17, 15) is 34.6 Å². The lowest BCUT2D eigenvalue weighted by Crippen LogP contribution is -2.18. The van der Waals surface area contributed by atoms with Crippen molar-refractivity contribution in [2.45, 2.75) is 6.92 Å². The molecule has 2 N–H and O–H groups in total. The van der Waals surface area contributed by atoms with Crippen LogP contribution in [-0.2, 0) is 4.79 Å². The van der Waals surface area contributed by atoms with Crippen molar-refractivity contribution in [1.29, 1.82) is 0 Å². The molecule has 0 fully saturated rings. The molecule has 0 saturated carbocycles. The van der Waals surface area contributed by atoms with Crippen LogP contribution in [0.5, 0.6) is 5.75 Å². The number of aryl methyl sites for hydroxylation is 1. The van der Waals surface area contributed by atoms with Gasteiger partial charge in [0, 0.05) is 52.7 Å². The van der Waals surface area contributed by atoms with Gasteiger partial charge in [0.15, 0.2) is 0 Å². The number of benzene rings is 4. The molecule has 4 aromatic rings. The van der Waals surface area contributed by atoms with E-state index in [4.69, 9.17) is 4.74 Å². The fraction of sp³-hybridized carbons (Fsp3) is 0.0323. The fourth-order valence-corrected chi connectivity index (χ4v) is 3.78. The number of nitrogens with one attached hydrogen (secondary N) is 2. The number of hydrogen-bond acceptors (Lipinski definition) is 9. The molecule has 0 spiro atoms. The predicted octanol–water partition coefficient (Wildman–Crippen LogP) is 5.45. The molecule has 0 bridgehead atoms. The average Bonchev–Trinajstić information content (AvgIpc) is 3.01. The highest BCUT2D eigenvalue weighted by Gasteiger charge is 2.14. The summed E-state index contributed by atoms with van der Waals surface area (Å²) in [7, 11) is 0. The Hall–Kier alpha value is -6.50. The molecule has 44 heavy (non-hydrogen) atoms. The normalized spacial score (nSPS) is 10.8. The van der Waals surface area contributed by atoms with Crippen LogP contribution in [-0.4, -0.2) is 33.8 Å². The van der Waals surface area contributed by atoms with E-state index in [1.807, 2.05) is 13.0 Å². The maximum atomic E-state index is 12.6. The smallest absolute Gasteiger partial charge is 0.336 e. The van der Waals surface area contributed by atoms with Crippen molar-refractivity contribution >= 4 is 47.1 Å². The predicted molar refractivity (Wildman–Crippen MR) is 161 cm³/mol. The summed E-state index contributed by atoms with van der Waals surface area (Å²) in [5.41, 5.74) is 4.56. The average molecular weight is 594 g/mol. The number of non-ortho nitro benzene ring substituents is 2. The first kappa shape index (κ1) is 30.5. The highest BCUT2D eigenvalue weighted by molar-refractivity contribution is 6.04. The van der Waals surface area contributed by atoms with E-state index in [1.54, 1.807) is 30.3 Å². The summed E-state index contributed by atoms with van der Waals surface area (Å²) in [6.07, 6.45) is 3.55. The lowest BCUT2D eigenvalue weighted by Gasteiger charge is -2.07. The number of hydrazone groups is 1. The van der Waals surface area contributed by atoms with E-state index < -0.39 is 21.7 Å². The second-order valence-electron chi connectivity index (χ2n) is 9.18. The summed E-state index contributed by atoms with van der Waals surface area (Å²) in [5, 5.41) is 28.6. The van der Waals surface area contributed by atoms with Crippen molar-refractivity contribution < 1.29 is 29.0 Å². The SMILES string of the molecule is Cc1cccc(C(=O)Nc2ccc(C(=O)N/N=C/c3cc([N+](=O)[O-])ccc3OC(=O)/C=C/c3ccc([N+](=O)[O-])cc3)cc2)c1. The molecule has 0 radical (unpaired) electrons. The maximum absolute atomic E-state index is 12.6. The van der Waals surface area contributed by atoms with E-state index in [1.165, 1.54) is 48.5 Å². The van der Waals surface area contributed by atoms with E-state index in [-0.39, 0.29) is 34.2 Å². The summed E-state index contributed by atoms with van der Waals surface area (Å²) in [6, 6.07) is 22.1. The van der Waals surface area contributed by atoms with Gasteiger partial charge in [0.1, 0.15) is 5.75 Å². The number of nitro groups is 2. The van der Waals surface area contributed by atoms with Crippen LogP contribution in [0.15, 0.2) is 102 Å². The molecule has 4 aromatic carbocycles. The number of nitro benzene ring substituents is 2. The van der Waals surface area contributed by atoms with E-state index in [0.717, 1.165) is 30.0 Å². The number of ether oxygens (including phenoxy) is 1. The van der Waals surface area contributed by atoms with Gasteiger partial charge in [-0.25, -0.2) is 10.2 Å². The van der Waals surface area contributed by atoms with Crippen LogP contribution >= 0.6 is 0 Å². The Labute approximate surface area is 249 Å². The van der Waals surface area contributed by atoms with Gasteiger partial charge < -0.3 is 10.1 Å². The molecule has 13 nitrogen and oxygen atoms in total. The van der Waals surface area contributed by atoms with Gasteiger partial charge in [-0.3, -0.25) is 29.8 Å². The molecule has 220 valence electrons. The van der Waals surface area contributed by atoms with Gasteiger partial charge >= 0.3 is 5.97 Å². The minimum Gasteiger partial charge on any atom is -0.423 e. The van der Waals surface area contributed by atoms with Gasteiger partial charge in [-0.15, -0.1) is 0 Å². The second kappa shape index (κ2) is 13.9. The van der Waals surface area contributed by atoms with Gasteiger partial charge in [0.25, 0.3) is 23.2 Å². The van der Waals surface area contributed by atoms with Gasteiger partial charge in [-0.1, -0.05) is 17.7 Å². The Morgan fingerprint density at radius 1 is 0.795 bits per heavy atom. The Kier molecular flexibility index (Phi) is 9.63. The number of amides is 2. The first-order valence-electron chi connectivity index (χ1n) is 12.8. The van der Waals surface area contributed by atoms with Crippen LogP contribution < -0.4 is 15.5 Å². The number of nitrogens with zero attached hydrogens (tertiary/aromatic N) is 3. The lowest BCUT2D eigenvalue weighted by atomic mass is 10.1. The zero-order valence-corrected chi connectivity index (χ0v) is 23.0. The van der Waals surface area contributed by atoms with Gasteiger partial charge in [-0.2, -0.15) is 5.10 Å². The second-order valence-corrected chi connectivity index (χ2v) is 9.18. The Morgan fingerprint density at radius 3 is 2.14 bits per heavy atom. The van der Waals surface area contributed by atoms with Crippen LogP contribution in [0.3, 0.4) is 0 Å². The molecular weight excluding hydrogens is 570 g/mol. The zero-order valence-electron chi connectivity index (χ0n) is 23.0. The van der Waals surface area contributed by atoms with E-state index in [0.29, 0.717) is 16.8 Å². The van der Waals surface area contributed by atoms with Crippen molar-refractivity contribution in [3.63, 3.8) is 0 Å². The van der Waals surface area contributed by atoms with E-state index >= 15 is 0 Å². The first-order valence-corrected chi connectivity index (χ1v) is 12.8. The molecule has 2 amide bonds. The van der Waals surface area contributed by atoms with Crippen LogP contribution in [0, 0.1) is 27.2 Å². The summed E-state index contributed by atoms with van der Waals surface area (Å²) >= 11 is 0. The first-order chi connectivity index (χ1) is 21.1. The molecular formula is C31H23N5O8. The number of carbonyl (C=O) groups is 3. The molecule has 0 unspecified atom stereocenters. The maximum Gasteiger partial charge on any atom is 0.336 e. The van der Waals surface area contributed by atoms with Gasteiger partial charge in [-0.05, 0) is 73.2 Å². The largest absolute Gasteiger partial charge is 0.423 e. The quantitative estimate of drug-likeness (QED) is 0.0607. The monoisotopic (exact) mass is 593 g/mol. The van der Waals surface area contributed by atoms with Crippen LogP contribution in [0.2, 0.25) is 0 Å². The number of esters is 1. The topological polar surface area (TPSA) is 183 Å². The summed E-state index contributed by atoms with van der Waals surface area (Å²) < 4.78 is 5.29. The Morgan fingerprint density at radius 2 is 1.48 bits per heavy atom. The minimum absolute atomic E-state index is 0.0331. The third-order valence-corrected chi connectivity index (χ3v) is 5.99. The van der Waals surface area contributed by atoms with Crippen LogP contribution in [0.4, 0.5) is 17.1 Å². The Balaban J connectivity index is 1.40. The van der Waals surface area contributed by atoms with Gasteiger partial charge in [0.2, 0.25) is 0 Å². The third-order valence-electron chi connectivity index (χ3n) is 5.99. The molecule has 0 aliphatic rings. The highest BCUT2D eigenvalue weighted by Crippen LogP contribution is 2.23. The zero-order chi connectivity index (χ0) is 31.6. The third kappa shape index (κ3) is 8.27. The number of rotatable bonds is 10. The standard InChI is InChI=1S/C31H23N5O8/c1-20-3-2-4-23(17-20)30(38)33-25-10-8-22(9-11-25)31(39)34-32-19-24-18-27(36(42)43)14-15-28(24)44-29(37)16-7-21-5-12-26(13-6-21)35(40)41/h2-19H,1H3,(H,33,38)(H,34,39)/b16-7+,32-19+. The molecule has 0 heterocycles. The summed E-state index contributed by atoms with van der Waals surface area (Å²) in [5.74, 6) is -1.80. The molecule has 0 aromatic heterocycles. The number of carbonyl (C=O) groups excluding carboxylic acids is 3. The minimum atomic E-state index is -0.828. The van der Waals surface area contributed by atoms with Crippen molar-refractivity contribution in [3.05, 3.63) is 145 Å². The van der Waals surface area contributed by atoms with Gasteiger partial charge in [0.05, 0.1) is 16.1 Å².